The molecule has 0 spiro atoms. The van der Waals surface area contributed by atoms with Gasteiger partial charge in [-0.25, -0.2) is 0 Å². The third kappa shape index (κ3) is 3.57. The zero-order valence-electron chi connectivity index (χ0n) is 11.9. The van der Waals surface area contributed by atoms with Crippen LogP contribution in [0.2, 0.25) is 0 Å². The lowest BCUT2D eigenvalue weighted by Gasteiger charge is -2.28. The van der Waals surface area contributed by atoms with Gasteiger partial charge >= 0.3 is 0 Å². The summed E-state index contributed by atoms with van der Waals surface area (Å²) in [7, 11) is 1.57. The van der Waals surface area contributed by atoms with E-state index in [4.69, 9.17) is 0 Å². The highest BCUT2D eigenvalue weighted by Crippen LogP contribution is 2.10. The molecule has 20 heavy (non-hydrogen) atoms. The average molecular weight is 275 g/mol. The van der Waals surface area contributed by atoms with E-state index in [0.717, 1.165) is 19.4 Å². The fourth-order valence-corrected chi connectivity index (χ4v) is 2.48. The number of piperidine rings is 1. The van der Waals surface area contributed by atoms with Crippen molar-refractivity contribution in [3.05, 3.63) is 35.4 Å². The van der Waals surface area contributed by atoms with Crippen molar-refractivity contribution in [3.8, 4) is 0 Å². The molecule has 2 amide bonds. The number of nitrogens with one attached hydrogen (secondary N) is 3. The second kappa shape index (κ2) is 6.52. The lowest BCUT2D eigenvalue weighted by Crippen LogP contribution is -2.46. The highest BCUT2D eigenvalue weighted by atomic mass is 16.2. The van der Waals surface area contributed by atoms with Crippen molar-refractivity contribution in [2.45, 2.75) is 31.8 Å². The van der Waals surface area contributed by atoms with Crippen molar-refractivity contribution in [1.29, 1.82) is 0 Å². The smallest absolute Gasteiger partial charge is 0.251 e. The Morgan fingerprint density at radius 1 is 1.25 bits per heavy atom. The number of amides is 2. The first kappa shape index (κ1) is 14.5. The number of carbonyl (C=O) groups excluding carboxylic acids is 2. The Morgan fingerprint density at radius 3 is 2.60 bits per heavy atom. The second-order valence-electron chi connectivity index (χ2n) is 5.21. The van der Waals surface area contributed by atoms with Gasteiger partial charge in [0.15, 0.2) is 0 Å². The number of rotatable bonds is 3. The van der Waals surface area contributed by atoms with E-state index in [1.54, 1.807) is 31.3 Å². The Balaban J connectivity index is 2.03. The molecule has 5 nitrogen and oxygen atoms in total. The van der Waals surface area contributed by atoms with Crippen LogP contribution in [0.1, 0.15) is 40.5 Å². The zero-order valence-corrected chi connectivity index (χ0v) is 11.9. The number of carbonyl (C=O) groups is 2. The fraction of sp³-hybridized carbons (Fsp3) is 0.467. The normalized spacial score (nSPS) is 22.1. The quantitative estimate of drug-likeness (QED) is 0.768. The van der Waals surface area contributed by atoms with Crippen LogP contribution in [0.4, 0.5) is 0 Å². The predicted molar refractivity (Wildman–Crippen MR) is 77.8 cm³/mol. The van der Waals surface area contributed by atoms with Crippen LogP contribution in [0.3, 0.4) is 0 Å². The molecule has 108 valence electrons. The van der Waals surface area contributed by atoms with Crippen LogP contribution >= 0.6 is 0 Å². The summed E-state index contributed by atoms with van der Waals surface area (Å²) < 4.78 is 0. The van der Waals surface area contributed by atoms with Gasteiger partial charge in [-0.3, -0.25) is 9.59 Å². The Hall–Kier alpha value is -1.88. The maximum Gasteiger partial charge on any atom is 0.251 e. The molecule has 1 fully saturated rings. The van der Waals surface area contributed by atoms with Gasteiger partial charge in [0.25, 0.3) is 11.8 Å². The zero-order chi connectivity index (χ0) is 14.5. The van der Waals surface area contributed by atoms with Crippen molar-refractivity contribution < 1.29 is 9.59 Å². The SMILES string of the molecule is CNC(=O)c1cccc(C(=O)NC2CCNC(C)C2)c1. The molecule has 3 N–H and O–H groups in total. The summed E-state index contributed by atoms with van der Waals surface area (Å²) in [5.74, 6) is -0.301. The van der Waals surface area contributed by atoms with Gasteiger partial charge < -0.3 is 16.0 Å². The average Bonchev–Trinajstić information content (AvgIpc) is 2.46. The molecule has 0 aliphatic carbocycles. The minimum Gasteiger partial charge on any atom is -0.355 e. The molecule has 1 heterocycles. The molecule has 2 rings (SSSR count). The molecular formula is C15H21N3O2. The van der Waals surface area contributed by atoms with Crippen LogP contribution in [0.5, 0.6) is 0 Å². The third-order valence-electron chi connectivity index (χ3n) is 3.57. The summed E-state index contributed by atoms with van der Waals surface area (Å²) in [6.07, 6.45) is 1.87. The molecule has 1 aliphatic rings. The molecule has 0 saturated carbocycles. The Morgan fingerprint density at radius 2 is 1.95 bits per heavy atom. The topological polar surface area (TPSA) is 70.2 Å². The van der Waals surface area contributed by atoms with Gasteiger partial charge in [0, 0.05) is 30.3 Å². The molecule has 1 aliphatic heterocycles. The van der Waals surface area contributed by atoms with E-state index in [1.807, 2.05) is 0 Å². The maximum absolute atomic E-state index is 12.2. The molecule has 0 aromatic heterocycles. The molecule has 2 unspecified atom stereocenters. The molecule has 0 bridgehead atoms. The summed E-state index contributed by atoms with van der Waals surface area (Å²) in [5, 5.41) is 8.95. The molecule has 1 saturated heterocycles. The Labute approximate surface area is 119 Å². The molecule has 5 heteroatoms. The van der Waals surface area contributed by atoms with Crippen LogP contribution in [0.15, 0.2) is 24.3 Å². The largest absolute Gasteiger partial charge is 0.355 e. The van der Waals surface area contributed by atoms with E-state index in [-0.39, 0.29) is 17.9 Å². The van der Waals surface area contributed by atoms with Crippen molar-refractivity contribution >= 4 is 11.8 Å². The van der Waals surface area contributed by atoms with Crippen molar-refractivity contribution in [3.63, 3.8) is 0 Å². The van der Waals surface area contributed by atoms with E-state index >= 15 is 0 Å². The van der Waals surface area contributed by atoms with Gasteiger partial charge in [0.05, 0.1) is 0 Å². The monoisotopic (exact) mass is 275 g/mol. The second-order valence-corrected chi connectivity index (χ2v) is 5.21. The highest BCUT2D eigenvalue weighted by Gasteiger charge is 2.20. The molecular weight excluding hydrogens is 254 g/mol. The number of hydrogen-bond donors (Lipinski definition) is 3. The van der Waals surface area contributed by atoms with Crippen molar-refractivity contribution in [1.82, 2.24) is 16.0 Å². The minimum absolute atomic E-state index is 0.116. The first-order chi connectivity index (χ1) is 9.60. The first-order valence-corrected chi connectivity index (χ1v) is 6.96. The van der Waals surface area contributed by atoms with E-state index in [1.165, 1.54) is 0 Å². The van der Waals surface area contributed by atoms with E-state index in [9.17, 15) is 9.59 Å². The summed E-state index contributed by atoms with van der Waals surface area (Å²) in [4.78, 5) is 23.8. The van der Waals surface area contributed by atoms with Crippen molar-refractivity contribution in [2.24, 2.45) is 0 Å². The molecule has 1 aromatic rings. The Kier molecular flexibility index (Phi) is 4.74. The van der Waals surface area contributed by atoms with Crippen LogP contribution < -0.4 is 16.0 Å². The van der Waals surface area contributed by atoms with Gasteiger partial charge in [0.2, 0.25) is 0 Å². The molecule has 2 atom stereocenters. The number of benzene rings is 1. The Bertz CT molecular complexity index is 502. The lowest BCUT2D eigenvalue weighted by atomic mass is 10.00. The lowest BCUT2D eigenvalue weighted by molar-refractivity contribution is 0.0925. The number of hydrogen-bond acceptors (Lipinski definition) is 3. The first-order valence-electron chi connectivity index (χ1n) is 6.96. The predicted octanol–water partition coefficient (Wildman–Crippen LogP) is 0.916. The van der Waals surface area contributed by atoms with Gasteiger partial charge in [-0.15, -0.1) is 0 Å². The maximum atomic E-state index is 12.2. The van der Waals surface area contributed by atoms with Gasteiger partial charge in [0.1, 0.15) is 0 Å². The van der Waals surface area contributed by atoms with Crippen LogP contribution in [-0.2, 0) is 0 Å². The molecule has 0 radical (unpaired) electrons. The standard InChI is InChI=1S/C15H21N3O2/c1-10-8-13(6-7-17-10)18-15(20)12-5-3-4-11(9-12)14(19)16-2/h3-5,9-10,13,17H,6-8H2,1-2H3,(H,16,19)(H,18,20). The summed E-state index contributed by atoms with van der Waals surface area (Å²) in [6.45, 7) is 3.04. The van der Waals surface area contributed by atoms with Gasteiger partial charge in [-0.1, -0.05) is 6.07 Å². The van der Waals surface area contributed by atoms with Gasteiger partial charge in [-0.05, 0) is 44.5 Å². The summed E-state index contributed by atoms with van der Waals surface area (Å²) in [5.41, 5.74) is 1.02. The van der Waals surface area contributed by atoms with E-state index in [0.29, 0.717) is 17.2 Å². The van der Waals surface area contributed by atoms with E-state index < -0.39 is 0 Å². The highest BCUT2D eigenvalue weighted by molar-refractivity contribution is 5.99. The van der Waals surface area contributed by atoms with E-state index in [2.05, 4.69) is 22.9 Å². The van der Waals surface area contributed by atoms with Crippen LogP contribution in [0, 0.1) is 0 Å². The van der Waals surface area contributed by atoms with Crippen LogP contribution in [0.25, 0.3) is 0 Å². The summed E-state index contributed by atoms with van der Waals surface area (Å²) in [6, 6.07) is 7.39. The van der Waals surface area contributed by atoms with Crippen LogP contribution in [-0.4, -0.2) is 37.5 Å². The molecule has 1 aromatic carbocycles. The van der Waals surface area contributed by atoms with Crippen molar-refractivity contribution in [2.75, 3.05) is 13.6 Å². The third-order valence-corrected chi connectivity index (χ3v) is 3.57. The summed E-state index contributed by atoms with van der Waals surface area (Å²) >= 11 is 0. The fourth-order valence-electron chi connectivity index (χ4n) is 2.48. The van der Waals surface area contributed by atoms with Gasteiger partial charge in [-0.2, -0.15) is 0 Å². The minimum atomic E-state index is -0.185.